The molecule has 0 aromatic heterocycles. The third kappa shape index (κ3) is 3.61. The summed E-state index contributed by atoms with van der Waals surface area (Å²) in [7, 11) is 0. The van der Waals surface area contributed by atoms with Crippen LogP contribution in [0.1, 0.15) is 18.1 Å². The Labute approximate surface area is 145 Å². The standard InChI is InChI=1S/C17H17Cl2N3O/c1-10-17(20)22-14-7-11(5-6-15(14)23-10)8-21-9-12-3-2-4-13(18)16(12)19/h2-7,10,21H,8-9H2,1H3,(H2,20,22). The molecule has 1 aliphatic heterocycles. The first kappa shape index (κ1) is 16.1. The van der Waals surface area contributed by atoms with Gasteiger partial charge in [0.2, 0.25) is 0 Å². The van der Waals surface area contributed by atoms with Crippen LogP contribution in [0.4, 0.5) is 5.69 Å². The quantitative estimate of drug-likeness (QED) is 0.875. The third-order valence-electron chi connectivity index (χ3n) is 3.67. The Morgan fingerprint density at radius 1 is 1.22 bits per heavy atom. The van der Waals surface area contributed by atoms with Crippen LogP contribution in [0.15, 0.2) is 41.4 Å². The van der Waals surface area contributed by atoms with Crippen LogP contribution in [0.2, 0.25) is 10.0 Å². The van der Waals surface area contributed by atoms with Crippen molar-refractivity contribution in [1.29, 1.82) is 0 Å². The molecule has 0 spiro atoms. The van der Waals surface area contributed by atoms with E-state index in [1.807, 2.05) is 37.3 Å². The second-order valence-corrected chi connectivity index (χ2v) is 6.20. The van der Waals surface area contributed by atoms with Crippen LogP contribution < -0.4 is 15.8 Å². The van der Waals surface area contributed by atoms with Gasteiger partial charge in [0, 0.05) is 13.1 Å². The highest BCUT2D eigenvalue weighted by Crippen LogP contribution is 2.32. The molecule has 1 atom stereocenters. The van der Waals surface area contributed by atoms with E-state index in [0.29, 0.717) is 29.0 Å². The van der Waals surface area contributed by atoms with Gasteiger partial charge in [0.05, 0.1) is 10.0 Å². The Kier molecular flexibility index (Phi) is 4.76. The highest BCUT2D eigenvalue weighted by molar-refractivity contribution is 6.42. The topological polar surface area (TPSA) is 59.6 Å². The summed E-state index contributed by atoms with van der Waals surface area (Å²) < 4.78 is 5.69. The van der Waals surface area contributed by atoms with Crippen LogP contribution in [0, 0.1) is 0 Å². The Morgan fingerprint density at radius 2 is 2.04 bits per heavy atom. The molecule has 3 rings (SSSR count). The second kappa shape index (κ2) is 6.79. The zero-order valence-corrected chi connectivity index (χ0v) is 14.2. The highest BCUT2D eigenvalue weighted by Gasteiger charge is 2.18. The molecule has 0 radical (unpaired) electrons. The van der Waals surface area contributed by atoms with Gasteiger partial charge in [0.1, 0.15) is 17.3 Å². The number of hydrogen-bond acceptors (Lipinski definition) is 4. The number of rotatable bonds is 4. The van der Waals surface area contributed by atoms with E-state index in [2.05, 4.69) is 10.3 Å². The van der Waals surface area contributed by atoms with Crippen molar-refractivity contribution in [3.05, 3.63) is 57.6 Å². The number of nitrogens with zero attached hydrogens (tertiary/aromatic N) is 1. The summed E-state index contributed by atoms with van der Waals surface area (Å²) in [5, 5.41) is 4.50. The fourth-order valence-electron chi connectivity index (χ4n) is 2.37. The van der Waals surface area contributed by atoms with E-state index >= 15 is 0 Å². The molecule has 23 heavy (non-hydrogen) atoms. The number of ether oxygens (including phenoxy) is 1. The van der Waals surface area contributed by atoms with E-state index in [4.69, 9.17) is 33.7 Å². The number of benzene rings is 2. The van der Waals surface area contributed by atoms with Crippen molar-refractivity contribution in [2.45, 2.75) is 26.1 Å². The van der Waals surface area contributed by atoms with E-state index in [1.54, 1.807) is 6.07 Å². The van der Waals surface area contributed by atoms with Gasteiger partial charge < -0.3 is 15.8 Å². The number of nitrogens with one attached hydrogen (secondary N) is 1. The van der Waals surface area contributed by atoms with Crippen molar-refractivity contribution in [1.82, 2.24) is 5.32 Å². The smallest absolute Gasteiger partial charge is 0.153 e. The average molecular weight is 350 g/mol. The predicted molar refractivity (Wildman–Crippen MR) is 94.8 cm³/mol. The Morgan fingerprint density at radius 3 is 2.87 bits per heavy atom. The summed E-state index contributed by atoms with van der Waals surface area (Å²) >= 11 is 12.2. The first-order valence-corrected chi connectivity index (χ1v) is 8.07. The fraction of sp³-hybridized carbons (Fsp3) is 0.235. The lowest BCUT2D eigenvalue weighted by atomic mass is 10.1. The highest BCUT2D eigenvalue weighted by atomic mass is 35.5. The molecule has 120 valence electrons. The molecule has 2 aromatic carbocycles. The van der Waals surface area contributed by atoms with Crippen LogP contribution in [0.5, 0.6) is 5.75 Å². The maximum Gasteiger partial charge on any atom is 0.153 e. The lowest BCUT2D eigenvalue weighted by Gasteiger charge is -2.21. The normalized spacial score (nSPS) is 16.5. The van der Waals surface area contributed by atoms with Gasteiger partial charge in [-0.3, -0.25) is 0 Å². The van der Waals surface area contributed by atoms with Crippen LogP contribution in [-0.2, 0) is 13.1 Å². The minimum absolute atomic E-state index is 0.184. The number of halogens is 2. The summed E-state index contributed by atoms with van der Waals surface area (Å²) in [6.45, 7) is 3.20. The summed E-state index contributed by atoms with van der Waals surface area (Å²) in [5.41, 5.74) is 8.66. The zero-order chi connectivity index (χ0) is 16.4. The van der Waals surface area contributed by atoms with Gasteiger partial charge in [-0.15, -0.1) is 0 Å². The van der Waals surface area contributed by atoms with Gasteiger partial charge in [-0.2, -0.15) is 0 Å². The van der Waals surface area contributed by atoms with Gasteiger partial charge in [-0.1, -0.05) is 41.4 Å². The molecule has 1 unspecified atom stereocenters. The lowest BCUT2D eigenvalue weighted by molar-refractivity contribution is 0.281. The summed E-state index contributed by atoms with van der Waals surface area (Å²) in [5.74, 6) is 1.25. The molecule has 3 N–H and O–H groups in total. The molecule has 0 aliphatic carbocycles. The first-order valence-electron chi connectivity index (χ1n) is 7.32. The minimum atomic E-state index is -0.184. The van der Waals surface area contributed by atoms with Gasteiger partial charge in [0.15, 0.2) is 6.10 Å². The van der Waals surface area contributed by atoms with Crippen molar-refractivity contribution in [3.8, 4) is 5.75 Å². The van der Waals surface area contributed by atoms with Gasteiger partial charge >= 0.3 is 0 Å². The summed E-state index contributed by atoms with van der Waals surface area (Å²) in [6, 6.07) is 11.5. The lowest BCUT2D eigenvalue weighted by Crippen LogP contribution is -2.33. The molecular weight excluding hydrogens is 333 g/mol. The molecule has 0 fully saturated rings. The minimum Gasteiger partial charge on any atom is -0.481 e. The number of fused-ring (bicyclic) bond motifs is 1. The third-order valence-corrected chi connectivity index (χ3v) is 4.53. The van der Waals surface area contributed by atoms with Crippen molar-refractivity contribution in [2.75, 3.05) is 0 Å². The van der Waals surface area contributed by atoms with Crippen molar-refractivity contribution in [2.24, 2.45) is 10.7 Å². The van der Waals surface area contributed by atoms with E-state index in [1.165, 1.54) is 0 Å². The molecular formula is C17H17Cl2N3O. The van der Waals surface area contributed by atoms with E-state index in [0.717, 1.165) is 22.6 Å². The maximum atomic E-state index is 6.18. The predicted octanol–water partition coefficient (Wildman–Crippen LogP) is 4.05. The molecule has 0 saturated heterocycles. The molecule has 0 amide bonds. The molecule has 0 bridgehead atoms. The average Bonchev–Trinajstić information content (AvgIpc) is 2.53. The number of aliphatic imine (C=N–C) groups is 1. The monoisotopic (exact) mass is 349 g/mol. The Hall–Kier alpha value is -1.75. The van der Waals surface area contributed by atoms with Gasteiger partial charge in [-0.05, 0) is 36.2 Å². The molecule has 1 heterocycles. The largest absolute Gasteiger partial charge is 0.481 e. The van der Waals surface area contributed by atoms with E-state index in [-0.39, 0.29) is 6.10 Å². The van der Waals surface area contributed by atoms with Crippen molar-refractivity contribution in [3.63, 3.8) is 0 Å². The van der Waals surface area contributed by atoms with Crippen LogP contribution in [0.25, 0.3) is 0 Å². The zero-order valence-electron chi connectivity index (χ0n) is 12.6. The maximum absolute atomic E-state index is 6.18. The molecule has 6 heteroatoms. The molecule has 1 aliphatic rings. The van der Waals surface area contributed by atoms with Gasteiger partial charge in [0.25, 0.3) is 0 Å². The fourth-order valence-corrected chi connectivity index (χ4v) is 2.75. The Bertz CT molecular complexity index is 761. The summed E-state index contributed by atoms with van der Waals surface area (Å²) in [4.78, 5) is 4.38. The number of hydrogen-bond donors (Lipinski definition) is 2. The van der Waals surface area contributed by atoms with Crippen molar-refractivity contribution < 1.29 is 4.74 Å². The molecule has 4 nitrogen and oxygen atoms in total. The second-order valence-electron chi connectivity index (χ2n) is 5.42. The summed E-state index contributed by atoms with van der Waals surface area (Å²) in [6.07, 6.45) is -0.184. The molecule has 2 aromatic rings. The number of amidine groups is 1. The van der Waals surface area contributed by atoms with Crippen molar-refractivity contribution >= 4 is 34.7 Å². The van der Waals surface area contributed by atoms with E-state index in [9.17, 15) is 0 Å². The first-order chi connectivity index (χ1) is 11.0. The van der Waals surface area contributed by atoms with Crippen LogP contribution in [-0.4, -0.2) is 11.9 Å². The molecule has 0 saturated carbocycles. The van der Waals surface area contributed by atoms with E-state index < -0.39 is 0 Å². The van der Waals surface area contributed by atoms with Crippen LogP contribution >= 0.6 is 23.2 Å². The SMILES string of the molecule is CC1Oc2ccc(CNCc3cccc(Cl)c3Cl)cc2N=C1N. The van der Waals surface area contributed by atoms with Crippen LogP contribution in [0.3, 0.4) is 0 Å². The Balaban J connectivity index is 1.66. The number of nitrogens with two attached hydrogens (primary N) is 1. The van der Waals surface area contributed by atoms with Gasteiger partial charge in [-0.25, -0.2) is 4.99 Å².